The molecule has 0 bridgehead atoms. The molecule has 0 saturated heterocycles. The number of anilines is 1. The summed E-state index contributed by atoms with van der Waals surface area (Å²) in [6.45, 7) is 0.371. The number of carbonyl (C=O) groups is 2. The summed E-state index contributed by atoms with van der Waals surface area (Å²) < 4.78 is 0. The van der Waals surface area contributed by atoms with Gasteiger partial charge in [-0.1, -0.05) is 18.6 Å². The van der Waals surface area contributed by atoms with Crippen LogP contribution in [0.3, 0.4) is 0 Å². The second-order valence-corrected chi connectivity index (χ2v) is 5.06. The topological polar surface area (TPSA) is 92.4 Å². The van der Waals surface area contributed by atoms with E-state index in [4.69, 9.17) is 10.8 Å². The normalized spacial score (nSPS) is 16.5. The summed E-state index contributed by atoms with van der Waals surface area (Å²) in [5.41, 5.74) is 6.66. The molecule has 1 amide bonds. The fraction of sp³-hybridized carbons (Fsp3) is 0.429. The van der Waals surface area contributed by atoms with Gasteiger partial charge in [0.25, 0.3) is 0 Å². The Kier molecular flexibility index (Phi) is 3.85. The SMILES string of the molecule is NCC1(C(=O)Nc2ccc(CC(=O)O)cc2)CCC1. The molecule has 1 aromatic carbocycles. The summed E-state index contributed by atoms with van der Waals surface area (Å²) in [4.78, 5) is 22.7. The summed E-state index contributed by atoms with van der Waals surface area (Å²) in [6.07, 6.45) is 2.71. The lowest BCUT2D eigenvalue weighted by atomic mass is 9.68. The molecule has 0 heterocycles. The molecule has 1 aromatic rings. The summed E-state index contributed by atoms with van der Waals surface area (Å²) in [7, 11) is 0. The van der Waals surface area contributed by atoms with E-state index in [-0.39, 0.29) is 12.3 Å². The van der Waals surface area contributed by atoms with Gasteiger partial charge in [0, 0.05) is 12.2 Å². The van der Waals surface area contributed by atoms with Gasteiger partial charge in [-0.2, -0.15) is 0 Å². The van der Waals surface area contributed by atoms with Gasteiger partial charge in [-0.15, -0.1) is 0 Å². The predicted molar refractivity (Wildman–Crippen MR) is 71.7 cm³/mol. The largest absolute Gasteiger partial charge is 0.481 e. The number of nitrogens with two attached hydrogens (primary N) is 1. The van der Waals surface area contributed by atoms with Crippen molar-refractivity contribution in [3.05, 3.63) is 29.8 Å². The van der Waals surface area contributed by atoms with Crippen LogP contribution in [0, 0.1) is 5.41 Å². The van der Waals surface area contributed by atoms with E-state index in [1.54, 1.807) is 24.3 Å². The van der Waals surface area contributed by atoms with Gasteiger partial charge in [-0.25, -0.2) is 0 Å². The number of carboxylic acids is 1. The zero-order valence-electron chi connectivity index (χ0n) is 10.7. The van der Waals surface area contributed by atoms with E-state index in [0.717, 1.165) is 19.3 Å². The maximum Gasteiger partial charge on any atom is 0.307 e. The van der Waals surface area contributed by atoms with Crippen molar-refractivity contribution in [1.82, 2.24) is 0 Å². The number of rotatable bonds is 5. The highest BCUT2D eigenvalue weighted by Gasteiger charge is 2.42. The molecule has 1 aliphatic carbocycles. The molecule has 2 rings (SSSR count). The van der Waals surface area contributed by atoms with Crippen molar-refractivity contribution < 1.29 is 14.7 Å². The van der Waals surface area contributed by atoms with Gasteiger partial charge >= 0.3 is 5.97 Å². The maximum atomic E-state index is 12.1. The first kappa shape index (κ1) is 13.5. The van der Waals surface area contributed by atoms with Crippen LogP contribution in [0.2, 0.25) is 0 Å². The highest BCUT2D eigenvalue weighted by molar-refractivity contribution is 5.96. The van der Waals surface area contributed by atoms with Gasteiger partial charge in [0.15, 0.2) is 0 Å². The minimum absolute atomic E-state index is 0.0129. The third-order valence-corrected chi connectivity index (χ3v) is 3.75. The third kappa shape index (κ3) is 2.93. The molecule has 0 atom stereocenters. The van der Waals surface area contributed by atoms with E-state index in [0.29, 0.717) is 17.8 Å². The lowest BCUT2D eigenvalue weighted by Gasteiger charge is -2.39. The van der Waals surface area contributed by atoms with E-state index < -0.39 is 11.4 Å². The Morgan fingerprint density at radius 1 is 1.26 bits per heavy atom. The molecule has 0 radical (unpaired) electrons. The zero-order valence-corrected chi connectivity index (χ0v) is 10.7. The monoisotopic (exact) mass is 262 g/mol. The van der Waals surface area contributed by atoms with Crippen molar-refractivity contribution in [2.75, 3.05) is 11.9 Å². The van der Waals surface area contributed by atoms with Crippen LogP contribution < -0.4 is 11.1 Å². The van der Waals surface area contributed by atoms with Crippen molar-refractivity contribution in [3.8, 4) is 0 Å². The number of amides is 1. The highest BCUT2D eigenvalue weighted by atomic mass is 16.4. The molecule has 1 fully saturated rings. The second-order valence-electron chi connectivity index (χ2n) is 5.06. The standard InChI is InChI=1S/C14H18N2O3/c15-9-14(6-1-7-14)13(19)16-11-4-2-10(3-5-11)8-12(17)18/h2-5H,1,6-9,15H2,(H,16,19)(H,17,18). The summed E-state index contributed by atoms with van der Waals surface area (Å²) in [5, 5.41) is 11.5. The van der Waals surface area contributed by atoms with Crippen LogP contribution in [0.4, 0.5) is 5.69 Å². The van der Waals surface area contributed by atoms with Crippen LogP contribution in [0.1, 0.15) is 24.8 Å². The molecule has 0 spiro atoms. The molecule has 4 N–H and O–H groups in total. The highest BCUT2D eigenvalue weighted by Crippen LogP contribution is 2.40. The molecule has 1 aliphatic rings. The molecule has 5 nitrogen and oxygen atoms in total. The average molecular weight is 262 g/mol. The number of carboxylic acid groups (broad SMARTS) is 1. The first-order valence-electron chi connectivity index (χ1n) is 6.38. The van der Waals surface area contributed by atoms with Gasteiger partial charge in [0.2, 0.25) is 5.91 Å². The van der Waals surface area contributed by atoms with Crippen LogP contribution in [-0.4, -0.2) is 23.5 Å². The van der Waals surface area contributed by atoms with Gasteiger partial charge in [0.05, 0.1) is 11.8 Å². The zero-order chi connectivity index (χ0) is 13.9. The molecular weight excluding hydrogens is 244 g/mol. The smallest absolute Gasteiger partial charge is 0.307 e. The molecular formula is C14H18N2O3. The van der Waals surface area contributed by atoms with Crippen LogP contribution in [0.5, 0.6) is 0 Å². The summed E-state index contributed by atoms with van der Waals surface area (Å²) in [6, 6.07) is 6.86. The maximum absolute atomic E-state index is 12.1. The van der Waals surface area contributed by atoms with E-state index in [1.165, 1.54) is 0 Å². The van der Waals surface area contributed by atoms with Crippen LogP contribution >= 0.6 is 0 Å². The minimum atomic E-state index is -0.867. The number of benzene rings is 1. The predicted octanol–water partition coefficient (Wildman–Crippen LogP) is 1.38. The summed E-state index contributed by atoms with van der Waals surface area (Å²) >= 11 is 0. The molecule has 5 heteroatoms. The molecule has 19 heavy (non-hydrogen) atoms. The Labute approximate surface area is 111 Å². The number of carbonyl (C=O) groups excluding carboxylic acids is 1. The quantitative estimate of drug-likeness (QED) is 0.747. The lowest BCUT2D eigenvalue weighted by Crippen LogP contribution is -2.47. The molecule has 0 aliphatic heterocycles. The number of aliphatic carboxylic acids is 1. The van der Waals surface area contributed by atoms with Crippen molar-refractivity contribution in [2.45, 2.75) is 25.7 Å². The number of hydrogen-bond acceptors (Lipinski definition) is 3. The van der Waals surface area contributed by atoms with E-state index in [2.05, 4.69) is 5.32 Å². The van der Waals surface area contributed by atoms with Crippen molar-refractivity contribution in [3.63, 3.8) is 0 Å². The first-order chi connectivity index (χ1) is 9.05. The molecule has 0 aromatic heterocycles. The van der Waals surface area contributed by atoms with Gasteiger partial charge in [-0.05, 0) is 30.5 Å². The fourth-order valence-electron chi connectivity index (χ4n) is 2.27. The first-order valence-corrected chi connectivity index (χ1v) is 6.38. The Morgan fingerprint density at radius 3 is 2.32 bits per heavy atom. The van der Waals surface area contributed by atoms with Crippen molar-refractivity contribution >= 4 is 17.6 Å². The average Bonchev–Trinajstić information content (AvgIpc) is 2.30. The second kappa shape index (κ2) is 5.40. The van der Waals surface area contributed by atoms with E-state index in [1.807, 2.05) is 0 Å². The van der Waals surface area contributed by atoms with Crippen molar-refractivity contribution in [2.24, 2.45) is 11.1 Å². The van der Waals surface area contributed by atoms with Gasteiger partial charge in [0.1, 0.15) is 0 Å². The van der Waals surface area contributed by atoms with Crippen LogP contribution in [0.15, 0.2) is 24.3 Å². The third-order valence-electron chi connectivity index (χ3n) is 3.75. The van der Waals surface area contributed by atoms with Gasteiger partial charge < -0.3 is 16.2 Å². The Bertz CT molecular complexity index is 472. The Balaban J connectivity index is 1.99. The lowest BCUT2D eigenvalue weighted by molar-refractivity contribution is -0.136. The van der Waals surface area contributed by atoms with E-state index >= 15 is 0 Å². The minimum Gasteiger partial charge on any atom is -0.481 e. The van der Waals surface area contributed by atoms with Crippen molar-refractivity contribution in [1.29, 1.82) is 0 Å². The van der Waals surface area contributed by atoms with Gasteiger partial charge in [-0.3, -0.25) is 9.59 Å². The van der Waals surface area contributed by atoms with Crippen LogP contribution in [0.25, 0.3) is 0 Å². The molecule has 102 valence electrons. The van der Waals surface area contributed by atoms with E-state index in [9.17, 15) is 9.59 Å². The molecule has 1 saturated carbocycles. The fourth-order valence-corrected chi connectivity index (χ4v) is 2.27. The molecule has 0 unspecified atom stereocenters. The Morgan fingerprint density at radius 2 is 1.89 bits per heavy atom. The Hall–Kier alpha value is -1.88. The number of nitrogens with one attached hydrogen (secondary N) is 1. The summed E-state index contributed by atoms with van der Waals surface area (Å²) in [5.74, 6) is -0.902. The number of hydrogen-bond donors (Lipinski definition) is 3. The van der Waals surface area contributed by atoms with Crippen LogP contribution in [-0.2, 0) is 16.0 Å².